The lowest BCUT2D eigenvalue weighted by Crippen LogP contribution is -2.49. The average molecular weight is 570 g/mol. The van der Waals surface area contributed by atoms with Crippen molar-refractivity contribution in [2.75, 3.05) is 50.7 Å². The highest BCUT2D eigenvalue weighted by Gasteiger charge is 2.22. The van der Waals surface area contributed by atoms with E-state index in [9.17, 15) is 13.2 Å². The Morgan fingerprint density at radius 3 is 2.36 bits per heavy atom. The molecule has 0 aromatic heterocycles. The number of carbonyl (C=O) groups excluding carboxylic acids is 1. The molecule has 0 radical (unpaired) electrons. The zero-order valence-corrected chi connectivity index (χ0v) is 23.3. The van der Waals surface area contributed by atoms with Crippen LogP contribution in [-0.2, 0) is 14.8 Å². The van der Waals surface area contributed by atoms with E-state index in [-0.39, 0.29) is 28.2 Å². The minimum Gasteiger partial charge on any atom is -0.494 e. The predicted octanol–water partition coefficient (Wildman–Crippen LogP) is 4.78. The van der Waals surface area contributed by atoms with Crippen molar-refractivity contribution in [3.8, 4) is 11.5 Å². The summed E-state index contributed by atoms with van der Waals surface area (Å²) in [5.41, 5.74) is 1.56. The Morgan fingerprint density at radius 2 is 1.69 bits per heavy atom. The number of nitrogens with one attached hydrogen (secondary N) is 1. The number of carbonyl (C=O) groups is 1. The third-order valence-corrected chi connectivity index (χ3v) is 7.86. The van der Waals surface area contributed by atoms with Crippen molar-refractivity contribution in [2.45, 2.75) is 11.8 Å². The molecule has 0 bridgehead atoms. The molecular weight excluding hydrogens is 538 g/mol. The monoisotopic (exact) mass is 569 g/mol. The number of sulfonamides is 1. The van der Waals surface area contributed by atoms with E-state index in [4.69, 9.17) is 21.1 Å². The van der Waals surface area contributed by atoms with Gasteiger partial charge in [0.15, 0.2) is 6.61 Å². The van der Waals surface area contributed by atoms with Gasteiger partial charge in [-0.1, -0.05) is 54.1 Å². The van der Waals surface area contributed by atoms with Crippen LogP contribution in [0.2, 0.25) is 5.02 Å². The van der Waals surface area contributed by atoms with E-state index < -0.39 is 10.0 Å². The Morgan fingerprint density at radius 1 is 0.974 bits per heavy atom. The number of amides is 1. The first-order valence-electron chi connectivity index (χ1n) is 12.7. The first kappa shape index (κ1) is 28.5. The van der Waals surface area contributed by atoms with Gasteiger partial charge in [0.05, 0.1) is 16.5 Å². The van der Waals surface area contributed by atoms with E-state index >= 15 is 0 Å². The van der Waals surface area contributed by atoms with Gasteiger partial charge in [-0.2, -0.15) is 0 Å². The molecule has 0 spiro atoms. The highest BCUT2D eigenvalue weighted by molar-refractivity contribution is 7.92. The maximum atomic E-state index is 12.8. The fraction of sp³-hybridized carbons (Fsp3) is 0.276. The summed E-state index contributed by atoms with van der Waals surface area (Å²) < 4.78 is 39.1. The van der Waals surface area contributed by atoms with Gasteiger partial charge in [-0.25, -0.2) is 8.42 Å². The highest BCUT2D eigenvalue weighted by atomic mass is 35.5. The smallest absolute Gasteiger partial charge is 0.261 e. The molecule has 1 heterocycles. The largest absolute Gasteiger partial charge is 0.494 e. The van der Waals surface area contributed by atoms with Gasteiger partial charge in [-0.3, -0.25) is 14.4 Å². The summed E-state index contributed by atoms with van der Waals surface area (Å²) in [7, 11) is -3.87. The molecule has 0 aliphatic carbocycles. The summed E-state index contributed by atoms with van der Waals surface area (Å²) in [6.45, 7) is 5.83. The number of piperazine rings is 1. The zero-order valence-electron chi connectivity index (χ0n) is 21.8. The molecule has 3 aromatic carbocycles. The van der Waals surface area contributed by atoms with Crippen LogP contribution in [0.5, 0.6) is 11.5 Å². The molecule has 3 aromatic rings. The molecule has 1 fully saturated rings. The van der Waals surface area contributed by atoms with Crippen molar-refractivity contribution in [3.05, 3.63) is 89.5 Å². The first-order chi connectivity index (χ1) is 18.8. The van der Waals surface area contributed by atoms with Crippen LogP contribution >= 0.6 is 11.6 Å². The molecule has 10 heteroatoms. The standard InChI is InChI=1S/C29H32ClN3O5S/c1-2-37-25-12-10-24(11-13-25)31-39(35,36)26-14-15-28(27(30)21-26)38-22-29(34)33-19-17-32(18-20-33)16-6-9-23-7-4-3-5-8-23/h3-15,21,31H,2,16-20,22H2,1H3/b9-6+. The molecule has 39 heavy (non-hydrogen) atoms. The van der Waals surface area contributed by atoms with Crippen LogP contribution in [0.3, 0.4) is 0 Å². The van der Waals surface area contributed by atoms with Gasteiger partial charge in [-0.05, 0) is 55.0 Å². The third kappa shape index (κ3) is 8.23. The van der Waals surface area contributed by atoms with Gasteiger partial charge in [0.25, 0.3) is 15.9 Å². The molecule has 8 nitrogen and oxygen atoms in total. The van der Waals surface area contributed by atoms with E-state index in [1.165, 1.54) is 18.2 Å². The topological polar surface area (TPSA) is 88.2 Å². The van der Waals surface area contributed by atoms with Crippen LogP contribution < -0.4 is 14.2 Å². The number of hydrogen-bond acceptors (Lipinski definition) is 6. The molecule has 1 amide bonds. The van der Waals surface area contributed by atoms with Gasteiger partial charge in [0, 0.05) is 38.4 Å². The highest BCUT2D eigenvalue weighted by Crippen LogP contribution is 2.29. The summed E-state index contributed by atoms with van der Waals surface area (Å²) >= 11 is 6.30. The Hall–Kier alpha value is -3.53. The molecule has 0 unspecified atom stereocenters. The number of anilines is 1. The summed E-state index contributed by atoms with van der Waals surface area (Å²) in [4.78, 5) is 16.7. The van der Waals surface area contributed by atoms with E-state index in [0.717, 1.165) is 25.2 Å². The molecular formula is C29H32ClN3O5S. The minimum absolute atomic E-state index is 0.0162. The first-order valence-corrected chi connectivity index (χ1v) is 14.6. The normalized spacial score (nSPS) is 14.4. The maximum absolute atomic E-state index is 12.8. The zero-order chi connectivity index (χ0) is 27.7. The fourth-order valence-corrected chi connectivity index (χ4v) is 5.46. The molecule has 1 N–H and O–H groups in total. The lowest BCUT2D eigenvalue weighted by molar-refractivity contribution is -0.135. The van der Waals surface area contributed by atoms with Gasteiger partial charge < -0.3 is 14.4 Å². The minimum atomic E-state index is -3.87. The number of rotatable bonds is 11. The maximum Gasteiger partial charge on any atom is 0.261 e. The Balaban J connectivity index is 1.25. The fourth-order valence-electron chi connectivity index (χ4n) is 4.08. The van der Waals surface area contributed by atoms with Gasteiger partial charge >= 0.3 is 0 Å². The van der Waals surface area contributed by atoms with Crippen molar-refractivity contribution < 1.29 is 22.7 Å². The Kier molecular flexibility index (Phi) is 9.86. The number of hydrogen-bond donors (Lipinski definition) is 1. The van der Waals surface area contributed by atoms with E-state index in [2.05, 4.69) is 33.9 Å². The third-order valence-electron chi connectivity index (χ3n) is 6.18. The Labute approximate surface area is 234 Å². The summed E-state index contributed by atoms with van der Waals surface area (Å²) in [6, 6.07) is 20.9. The lowest BCUT2D eigenvalue weighted by Gasteiger charge is -2.34. The van der Waals surface area contributed by atoms with Crippen molar-refractivity contribution in [1.82, 2.24) is 9.80 Å². The second kappa shape index (κ2) is 13.5. The van der Waals surface area contributed by atoms with E-state index in [0.29, 0.717) is 31.1 Å². The van der Waals surface area contributed by atoms with Crippen LogP contribution in [0.25, 0.3) is 6.08 Å². The SMILES string of the molecule is CCOc1ccc(NS(=O)(=O)c2ccc(OCC(=O)N3CCN(C/C=C/c4ccccc4)CC3)c(Cl)c2)cc1. The second-order valence-electron chi connectivity index (χ2n) is 8.94. The number of benzene rings is 3. The van der Waals surface area contributed by atoms with Crippen molar-refractivity contribution in [2.24, 2.45) is 0 Å². The van der Waals surface area contributed by atoms with Crippen LogP contribution in [0.15, 0.2) is 83.8 Å². The molecule has 1 aliphatic rings. The molecule has 1 aliphatic heterocycles. The van der Waals surface area contributed by atoms with Crippen LogP contribution in [0.4, 0.5) is 5.69 Å². The van der Waals surface area contributed by atoms with Gasteiger partial charge in [0.1, 0.15) is 11.5 Å². The van der Waals surface area contributed by atoms with Gasteiger partial charge in [0.2, 0.25) is 0 Å². The number of nitrogens with zero attached hydrogens (tertiary/aromatic N) is 2. The van der Waals surface area contributed by atoms with E-state index in [1.54, 1.807) is 29.2 Å². The van der Waals surface area contributed by atoms with Gasteiger partial charge in [-0.15, -0.1) is 0 Å². The quantitative estimate of drug-likeness (QED) is 0.358. The van der Waals surface area contributed by atoms with E-state index in [1.807, 2.05) is 25.1 Å². The van der Waals surface area contributed by atoms with Crippen molar-refractivity contribution in [3.63, 3.8) is 0 Å². The van der Waals surface area contributed by atoms with Crippen molar-refractivity contribution >= 4 is 39.3 Å². The number of halogens is 1. The molecule has 0 atom stereocenters. The van der Waals surface area contributed by atoms with Crippen LogP contribution in [-0.4, -0.2) is 70.1 Å². The lowest BCUT2D eigenvalue weighted by atomic mass is 10.2. The second-order valence-corrected chi connectivity index (χ2v) is 11.0. The van der Waals surface area contributed by atoms with Crippen LogP contribution in [0.1, 0.15) is 12.5 Å². The predicted molar refractivity (Wildman–Crippen MR) is 154 cm³/mol. The summed E-state index contributed by atoms with van der Waals surface area (Å²) in [5.74, 6) is 0.756. The summed E-state index contributed by atoms with van der Waals surface area (Å²) in [6.07, 6.45) is 4.23. The molecule has 0 saturated carbocycles. The molecule has 206 valence electrons. The molecule has 4 rings (SSSR count). The average Bonchev–Trinajstić information content (AvgIpc) is 2.94. The van der Waals surface area contributed by atoms with Crippen LogP contribution in [0, 0.1) is 0 Å². The summed E-state index contributed by atoms with van der Waals surface area (Å²) in [5, 5.41) is 0.104. The van der Waals surface area contributed by atoms with Crippen molar-refractivity contribution in [1.29, 1.82) is 0 Å². The Bertz CT molecular complexity index is 1370. The number of ether oxygens (including phenoxy) is 2. The molecule has 1 saturated heterocycles.